The average molecular weight is 296 g/mol. The molecule has 0 radical (unpaired) electrons. The summed E-state index contributed by atoms with van der Waals surface area (Å²) in [7, 11) is 0. The largest absolute Gasteiger partial charge is 0.306 e. The molecule has 2 heterocycles. The highest BCUT2D eigenvalue weighted by Gasteiger charge is 2.14. The van der Waals surface area contributed by atoms with Crippen molar-refractivity contribution >= 4 is 0 Å². The van der Waals surface area contributed by atoms with Crippen LogP contribution in [0.1, 0.15) is 25.6 Å². The van der Waals surface area contributed by atoms with Gasteiger partial charge in [-0.25, -0.2) is 4.68 Å². The first-order chi connectivity index (χ1) is 10.7. The summed E-state index contributed by atoms with van der Waals surface area (Å²) in [5, 5.41) is 16.1. The first-order valence-electron chi connectivity index (χ1n) is 7.43. The molecule has 0 fully saturated rings. The maximum atomic E-state index is 4.28. The second kappa shape index (κ2) is 6.53. The Labute approximate surface area is 129 Å². The maximum Gasteiger partial charge on any atom is 0.0969 e. The van der Waals surface area contributed by atoms with E-state index in [0.29, 0.717) is 6.54 Å². The van der Waals surface area contributed by atoms with E-state index in [1.807, 2.05) is 53.5 Å². The molecule has 6 heteroatoms. The van der Waals surface area contributed by atoms with E-state index in [9.17, 15) is 0 Å². The monoisotopic (exact) mass is 296 g/mol. The molecular weight excluding hydrogens is 276 g/mol. The summed E-state index contributed by atoms with van der Waals surface area (Å²) in [5.41, 5.74) is 1.93. The third-order valence-corrected chi connectivity index (χ3v) is 3.83. The summed E-state index contributed by atoms with van der Waals surface area (Å²) < 4.78 is 3.75. The zero-order valence-electron chi connectivity index (χ0n) is 12.8. The van der Waals surface area contributed by atoms with Crippen LogP contribution in [0, 0.1) is 0 Å². The van der Waals surface area contributed by atoms with Crippen molar-refractivity contribution in [2.24, 2.45) is 0 Å². The summed E-state index contributed by atoms with van der Waals surface area (Å²) in [6.45, 7) is 4.97. The van der Waals surface area contributed by atoms with Gasteiger partial charge in [0.1, 0.15) is 0 Å². The quantitative estimate of drug-likeness (QED) is 0.757. The fraction of sp³-hybridized carbons (Fsp3) is 0.312. The SMILES string of the molecule is C[C@H]([C@@H](C)NCc1cn(-c2ccccc2)nn1)n1cccn1. The molecule has 0 aliphatic carbocycles. The molecule has 0 saturated heterocycles. The van der Waals surface area contributed by atoms with E-state index in [1.54, 1.807) is 10.9 Å². The van der Waals surface area contributed by atoms with Crippen LogP contribution in [0.15, 0.2) is 55.0 Å². The fourth-order valence-electron chi connectivity index (χ4n) is 2.27. The summed E-state index contributed by atoms with van der Waals surface area (Å²) in [4.78, 5) is 0. The van der Waals surface area contributed by atoms with Crippen molar-refractivity contribution in [1.29, 1.82) is 0 Å². The van der Waals surface area contributed by atoms with Crippen molar-refractivity contribution in [3.05, 3.63) is 60.7 Å². The summed E-state index contributed by atoms with van der Waals surface area (Å²) in [6, 6.07) is 12.5. The van der Waals surface area contributed by atoms with E-state index < -0.39 is 0 Å². The summed E-state index contributed by atoms with van der Waals surface area (Å²) >= 11 is 0. The highest BCUT2D eigenvalue weighted by molar-refractivity contribution is 5.29. The minimum absolute atomic E-state index is 0.277. The first kappa shape index (κ1) is 14.5. The molecule has 1 N–H and O–H groups in total. The van der Waals surface area contributed by atoms with Crippen LogP contribution in [0.2, 0.25) is 0 Å². The van der Waals surface area contributed by atoms with Crippen LogP contribution in [0.25, 0.3) is 5.69 Å². The van der Waals surface area contributed by atoms with Gasteiger partial charge in [0.05, 0.1) is 23.6 Å². The lowest BCUT2D eigenvalue weighted by Gasteiger charge is -2.21. The Kier molecular flexibility index (Phi) is 4.29. The Morgan fingerprint density at radius 2 is 1.95 bits per heavy atom. The van der Waals surface area contributed by atoms with Gasteiger partial charge in [0.25, 0.3) is 0 Å². The van der Waals surface area contributed by atoms with E-state index in [0.717, 1.165) is 11.4 Å². The number of hydrogen-bond acceptors (Lipinski definition) is 4. The molecule has 6 nitrogen and oxygen atoms in total. The van der Waals surface area contributed by atoms with Gasteiger partial charge in [0.15, 0.2) is 0 Å². The standard InChI is InChI=1S/C16H20N6/c1-13(14(2)21-10-6-9-18-21)17-11-15-12-22(20-19-15)16-7-4-3-5-8-16/h3-10,12-14,17H,11H2,1-2H3/t13-,14-/m1/s1. The van der Waals surface area contributed by atoms with E-state index in [4.69, 9.17) is 0 Å². The maximum absolute atomic E-state index is 4.28. The number of benzene rings is 1. The fourth-order valence-corrected chi connectivity index (χ4v) is 2.27. The molecule has 0 aliphatic heterocycles. The Bertz CT molecular complexity index is 689. The number of hydrogen-bond donors (Lipinski definition) is 1. The first-order valence-corrected chi connectivity index (χ1v) is 7.43. The third-order valence-electron chi connectivity index (χ3n) is 3.83. The Morgan fingerprint density at radius 1 is 1.14 bits per heavy atom. The van der Waals surface area contributed by atoms with Crippen LogP contribution < -0.4 is 5.32 Å². The second-order valence-electron chi connectivity index (χ2n) is 5.39. The zero-order valence-corrected chi connectivity index (χ0v) is 12.8. The number of nitrogens with zero attached hydrogens (tertiary/aromatic N) is 5. The third kappa shape index (κ3) is 3.23. The highest BCUT2D eigenvalue weighted by Crippen LogP contribution is 2.10. The molecule has 0 saturated carbocycles. The summed E-state index contributed by atoms with van der Waals surface area (Å²) in [5.74, 6) is 0. The van der Waals surface area contributed by atoms with Crippen molar-refractivity contribution in [3.8, 4) is 5.69 Å². The predicted molar refractivity (Wildman–Crippen MR) is 84.6 cm³/mol. The van der Waals surface area contributed by atoms with Gasteiger partial charge in [-0.05, 0) is 32.0 Å². The average Bonchev–Trinajstić information content (AvgIpc) is 3.24. The molecular formula is C16H20N6. The van der Waals surface area contributed by atoms with E-state index in [1.165, 1.54) is 0 Å². The predicted octanol–water partition coefficient (Wildman–Crippen LogP) is 2.20. The van der Waals surface area contributed by atoms with Crippen LogP contribution >= 0.6 is 0 Å². The topological polar surface area (TPSA) is 60.6 Å². The van der Waals surface area contributed by atoms with Crippen molar-refractivity contribution in [1.82, 2.24) is 30.1 Å². The molecule has 114 valence electrons. The highest BCUT2D eigenvalue weighted by atomic mass is 15.4. The lowest BCUT2D eigenvalue weighted by Crippen LogP contribution is -2.33. The molecule has 0 amide bonds. The van der Waals surface area contributed by atoms with Gasteiger partial charge in [-0.1, -0.05) is 23.4 Å². The zero-order chi connectivity index (χ0) is 15.4. The molecule has 3 rings (SSSR count). The van der Waals surface area contributed by atoms with Gasteiger partial charge >= 0.3 is 0 Å². The molecule has 3 aromatic rings. The molecule has 0 aliphatic rings. The number of rotatable bonds is 6. The molecule has 0 spiro atoms. The van der Waals surface area contributed by atoms with Gasteiger partial charge < -0.3 is 5.32 Å². The van der Waals surface area contributed by atoms with Crippen molar-refractivity contribution in [2.75, 3.05) is 0 Å². The van der Waals surface area contributed by atoms with Crippen LogP contribution in [0.5, 0.6) is 0 Å². The molecule has 2 atom stereocenters. The minimum Gasteiger partial charge on any atom is -0.306 e. The molecule has 22 heavy (non-hydrogen) atoms. The Hall–Kier alpha value is -2.47. The molecule has 0 unspecified atom stereocenters. The molecule has 0 bridgehead atoms. The van der Waals surface area contributed by atoms with Crippen LogP contribution in [-0.2, 0) is 6.54 Å². The van der Waals surface area contributed by atoms with E-state index in [2.05, 4.69) is 34.6 Å². The number of para-hydroxylation sites is 1. The number of nitrogens with one attached hydrogen (secondary N) is 1. The lowest BCUT2D eigenvalue weighted by atomic mass is 10.1. The van der Waals surface area contributed by atoms with Crippen LogP contribution in [0.3, 0.4) is 0 Å². The van der Waals surface area contributed by atoms with E-state index in [-0.39, 0.29) is 12.1 Å². The van der Waals surface area contributed by atoms with Crippen molar-refractivity contribution in [2.45, 2.75) is 32.5 Å². The minimum atomic E-state index is 0.277. The van der Waals surface area contributed by atoms with Gasteiger partial charge in [0.2, 0.25) is 0 Å². The Balaban J connectivity index is 1.59. The van der Waals surface area contributed by atoms with E-state index >= 15 is 0 Å². The molecule has 1 aromatic carbocycles. The van der Waals surface area contributed by atoms with Crippen LogP contribution in [-0.4, -0.2) is 30.8 Å². The van der Waals surface area contributed by atoms with Gasteiger partial charge in [-0.2, -0.15) is 5.10 Å². The second-order valence-corrected chi connectivity index (χ2v) is 5.39. The lowest BCUT2D eigenvalue weighted by molar-refractivity contribution is 0.363. The number of aromatic nitrogens is 5. The van der Waals surface area contributed by atoms with Gasteiger partial charge in [-0.3, -0.25) is 4.68 Å². The van der Waals surface area contributed by atoms with Gasteiger partial charge in [-0.15, -0.1) is 5.10 Å². The molecule has 2 aromatic heterocycles. The van der Waals surface area contributed by atoms with Crippen LogP contribution in [0.4, 0.5) is 0 Å². The van der Waals surface area contributed by atoms with Crippen molar-refractivity contribution < 1.29 is 0 Å². The van der Waals surface area contributed by atoms with Crippen molar-refractivity contribution in [3.63, 3.8) is 0 Å². The smallest absolute Gasteiger partial charge is 0.0969 e. The van der Waals surface area contributed by atoms with Gasteiger partial charge in [0, 0.05) is 25.0 Å². The normalized spacial score (nSPS) is 13.9. The summed E-state index contributed by atoms with van der Waals surface area (Å²) in [6.07, 6.45) is 5.73. The Morgan fingerprint density at radius 3 is 2.68 bits per heavy atom.